The van der Waals surface area contributed by atoms with E-state index < -0.39 is 0 Å². The lowest BCUT2D eigenvalue weighted by atomic mass is 10.0. The highest BCUT2D eigenvalue weighted by Crippen LogP contribution is 2.19. The molecule has 0 aromatic rings. The zero-order valence-corrected chi connectivity index (χ0v) is 11.5. The van der Waals surface area contributed by atoms with E-state index in [9.17, 15) is 4.79 Å². The van der Waals surface area contributed by atoms with Gasteiger partial charge in [-0.1, -0.05) is 41.9 Å². The van der Waals surface area contributed by atoms with E-state index in [0.717, 1.165) is 22.0 Å². The molecule has 0 saturated heterocycles. The minimum absolute atomic E-state index is 0.201. The summed E-state index contributed by atoms with van der Waals surface area (Å²) in [6, 6.07) is 0. The van der Waals surface area contributed by atoms with Crippen LogP contribution in [-0.4, -0.2) is 5.78 Å². The van der Waals surface area contributed by atoms with Gasteiger partial charge < -0.3 is 0 Å². The lowest BCUT2D eigenvalue weighted by Gasteiger charge is -2.02. The normalized spacial score (nSPS) is 14.3. The summed E-state index contributed by atoms with van der Waals surface area (Å²) in [7, 11) is 0. The number of carbonyl (C=O) groups is 1. The van der Waals surface area contributed by atoms with Crippen molar-refractivity contribution in [2.24, 2.45) is 0 Å². The molecule has 0 radical (unpaired) electrons. The summed E-state index contributed by atoms with van der Waals surface area (Å²) < 4.78 is 1.04. The van der Waals surface area contributed by atoms with Crippen molar-refractivity contribution in [1.82, 2.24) is 0 Å². The Morgan fingerprint density at radius 3 is 2.33 bits per heavy atom. The molecule has 0 unspecified atom stereocenters. The first-order valence-corrected chi connectivity index (χ1v) is 6.09. The highest BCUT2D eigenvalue weighted by Gasteiger charge is 2.04. The zero-order chi connectivity index (χ0) is 11.8. The molecule has 0 aliphatic carbocycles. The van der Waals surface area contributed by atoms with Gasteiger partial charge in [-0.15, -0.1) is 0 Å². The van der Waals surface area contributed by atoms with Gasteiger partial charge in [-0.05, 0) is 31.9 Å². The Kier molecular flexibility index (Phi) is 7.31. The van der Waals surface area contributed by atoms with Crippen LogP contribution >= 0.6 is 15.9 Å². The average molecular weight is 271 g/mol. The summed E-state index contributed by atoms with van der Waals surface area (Å²) in [5.74, 6) is 0.201. The Morgan fingerprint density at radius 1 is 1.33 bits per heavy atom. The predicted molar refractivity (Wildman–Crippen MR) is 70.1 cm³/mol. The van der Waals surface area contributed by atoms with Crippen molar-refractivity contribution >= 4 is 21.7 Å². The Labute approximate surface area is 101 Å². The minimum Gasteiger partial charge on any atom is -0.294 e. The average Bonchev–Trinajstić information content (AvgIpc) is 2.26. The van der Waals surface area contributed by atoms with Gasteiger partial charge in [0.15, 0.2) is 5.78 Å². The number of hydrogen-bond acceptors (Lipinski definition) is 1. The van der Waals surface area contributed by atoms with Gasteiger partial charge in [-0.25, -0.2) is 0 Å². The molecule has 0 amide bonds. The summed E-state index contributed by atoms with van der Waals surface area (Å²) in [5, 5.41) is 0. The van der Waals surface area contributed by atoms with Crippen LogP contribution in [0.4, 0.5) is 0 Å². The largest absolute Gasteiger partial charge is 0.294 e. The lowest BCUT2D eigenvalue weighted by Crippen LogP contribution is -1.98. The van der Waals surface area contributed by atoms with E-state index in [1.807, 2.05) is 45.9 Å². The maximum atomic E-state index is 11.6. The van der Waals surface area contributed by atoms with Gasteiger partial charge in [0.25, 0.3) is 0 Å². The molecule has 0 atom stereocenters. The van der Waals surface area contributed by atoms with E-state index in [-0.39, 0.29) is 5.78 Å². The number of Topliss-reactive ketones (excluding diaryl/α,β-unsaturated/α-hetero) is 1. The van der Waals surface area contributed by atoms with Crippen molar-refractivity contribution in [3.8, 4) is 0 Å². The summed E-state index contributed by atoms with van der Waals surface area (Å²) in [4.78, 5) is 11.6. The number of ketones is 1. The van der Waals surface area contributed by atoms with E-state index in [4.69, 9.17) is 0 Å². The monoisotopic (exact) mass is 270 g/mol. The van der Waals surface area contributed by atoms with Crippen LogP contribution in [0.5, 0.6) is 0 Å². The second-order valence-corrected chi connectivity index (χ2v) is 4.16. The molecule has 0 aromatic carbocycles. The maximum Gasteiger partial charge on any atom is 0.162 e. The van der Waals surface area contributed by atoms with Crippen LogP contribution in [0.1, 0.15) is 40.5 Å². The van der Waals surface area contributed by atoms with E-state index in [0.29, 0.717) is 6.42 Å². The number of allylic oxidation sites excluding steroid dienone is 6. The number of halogens is 1. The number of rotatable bonds is 5. The number of hydrogen-bond donors (Lipinski definition) is 0. The van der Waals surface area contributed by atoms with Gasteiger partial charge in [-0.2, -0.15) is 0 Å². The van der Waals surface area contributed by atoms with Crippen molar-refractivity contribution in [3.63, 3.8) is 0 Å². The molecule has 15 heavy (non-hydrogen) atoms. The Hall–Kier alpha value is -0.630. The minimum atomic E-state index is 0.201. The molecule has 0 aliphatic heterocycles. The Bertz CT molecular complexity index is 308. The van der Waals surface area contributed by atoms with Crippen molar-refractivity contribution < 1.29 is 4.79 Å². The van der Waals surface area contributed by atoms with Gasteiger partial charge in [-0.3, -0.25) is 4.79 Å². The third-order valence-electron chi connectivity index (χ3n) is 2.07. The molecule has 0 aliphatic rings. The van der Waals surface area contributed by atoms with Gasteiger partial charge in [0.05, 0.1) is 0 Å². The van der Waals surface area contributed by atoms with Gasteiger partial charge in [0.1, 0.15) is 0 Å². The first-order valence-electron chi connectivity index (χ1n) is 5.30. The summed E-state index contributed by atoms with van der Waals surface area (Å²) in [5.41, 5.74) is 1.90. The molecule has 0 spiro atoms. The fourth-order valence-corrected chi connectivity index (χ4v) is 1.32. The topological polar surface area (TPSA) is 17.1 Å². The first-order chi connectivity index (χ1) is 7.06. The molecule has 1 nitrogen and oxygen atoms in total. The van der Waals surface area contributed by atoms with E-state index in [1.54, 1.807) is 0 Å². The van der Waals surface area contributed by atoms with Crippen LogP contribution in [0.3, 0.4) is 0 Å². The molecule has 0 saturated carbocycles. The van der Waals surface area contributed by atoms with Crippen LogP contribution < -0.4 is 0 Å². The second-order valence-electron chi connectivity index (χ2n) is 3.31. The van der Waals surface area contributed by atoms with E-state index in [1.165, 1.54) is 0 Å². The standard InChI is InChI=1S/C13H19BrO/c1-5-8-11(13(15)7-3)9-10(4)12(14)6-2/h6,8-9H,5,7H2,1-4H3/b10-9-,11-8+,12-6+. The summed E-state index contributed by atoms with van der Waals surface area (Å²) in [6.07, 6.45) is 7.35. The first kappa shape index (κ1) is 14.4. The van der Waals surface area contributed by atoms with E-state index >= 15 is 0 Å². The lowest BCUT2D eigenvalue weighted by molar-refractivity contribution is -0.115. The quantitative estimate of drug-likeness (QED) is 0.529. The third kappa shape index (κ3) is 5.12. The van der Waals surface area contributed by atoms with Crippen molar-refractivity contribution in [2.45, 2.75) is 40.5 Å². The molecule has 0 N–H and O–H groups in total. The van der Waals surface area contributed by atoms with Crippen LogP contribution in [0, 0.1) is 0 Å². The SMILES string of the molecule is C\C=C(Br)/C(C)=C\C(=C/CC)C(=O)CC. The Morgan fingerprint density at radius 2 is 1.93 bits per heavy atom. The Balaban J connectivity index is 4.99. The second kappa shape index (κ2) is 7.63. The fraction of sp³-hybridized carbons (Fsp3) is 0.462. The maximum absolute atomic E-state index is 11.6. The van der Waals surface area contributed by atoms with Gasteiger partial charge >= 0.3 is 0 Å². The predicted octanol–water partition coefficient (Wildman–Crippen LogP) is 4.55. The molecule has 0 rings (SSSR count). The van der Waals surface area contributed by atoms with Crippen LogP contribution in [0.15, 0.2) is 33.9 Å². The van der Waals surface area contributed by atoms with Crippen molar-refractivity contribution in [2.75, 3.05) is 0 Å². The summed E-state index contributed by atoms with van der Waals surface area (Å²) in [6.45, 7) is 7.89. The molecule has 0 bridgehead atoms. The highest BCUT2D eigenvalue weighted by atomic mass is 79.9. The van der Waals surface area contributed by atoms with Gasteiger partial charge in [0, 0.05) is 16.5 Å². The molecular formula is C13H19BrO. The zero-order valence-electron chi connectivity index (χ0n) is 9.93. The van der Waals surface area contributed by atoms with E-state index in [2.05, 4.69) is 15.9 Å². The highest BCUT2D eigenvalue weighted by molar-refractivity contribution is 9.12. The van der Waals surface area contributed by atoms with Crippen molar-refractivity contribution in [1.29, 1.82) is 0 Å². The smallest absolute Gasteiger partial charge is 0.162 e. The molecule has 0 heterocycles. The molecule has 84 valence electrons. The van der Waals surface area contributed by atoms with Crippen LogP contribution in [0.2, 0.25) is 0 Å². The van der Waals surface area contributed by atoms with Crippen LogP contribution in [-0.2, 0) is 4.79 Å². The van der Waals surface area contributed by atoms with Crippen molar-refractivity contribution in [3.05, 3.63) is 33.9 Å². The molecule has 0 aromatic heterocycles. The number of carbonyl (C=O) groups excluding carboxylic acids is 1. The molecule has 2 heteroatoms. The third-order valence-corrected chi connectivity index (χ3v) is 3.15. The van der Waals surface area contributed by atoms with Gasteiger partial charge in [0.2, 0.25) is 0 Å². The fourth-order valence-electron chi connectivity index (χ4n) is 1.21. The molecular weight excluding hydrogens is 252 g/mol. The molecule has 0 fully saturated rings. The van der Waals surface area contributed by atoms with Crippen LogP contribution in [0.25, 0.3) is 0 Å². The summed E-state index contributed by atoms with van der Waals surface area (Å²) >= 11 is 3.45.